The lowest BCUT2D eigenvalue weighted by molar-refractivity contribution is -0.00201. The molecule has 3 unspecified atom stereocenters. The number of likely N-dealkylation sites (tertiary alicyclic amines) is 1. The Morgan fingerprint density at radius 2 is 1.79 bits per heavy atom. The van der Waals surface area contributed by atoms with Gasteiger partial charge in [0.1, 0.15) is 0 Å². The van der Waals surface area contributed by atoms with Gasteiger partial charge in [0.25, 0.3) is 0 Å². The lowest BCUT2D eigenvalue weighted by atomic mass is 9.69. The van der Waals surface area contributed by atoms with E-state index in [-0.39, 0.29) is 0 Å². The maximum atomic E-state index is 6.23. The summed E-state index contributed by atoms with van der Waals surface area (Å²) in [7, 11) is 0. The van der Waals surface area contributed by atoms with Crippen LogP contribution in [0.3, 0.4) is 0 Å². The van der Waals surface area contributed by atoms with Crippen LogP contribution in [0.25, 0.3) is 0 Å². The second-order valence-corrected chi connectivity index (χ2v) is 7.34. The molecule has 2 fully saturated rings. The molecule has 1 saturated heterocycles. The SMILES string of the molecule is CCCC1CCN(C2(CN)CCC(C)C(C)C2)CC1. The lowest BCUT2D eigenvalue weighted by Gasteiger charge is -2.51. The standard InChI is InChI=1S/C17H34N2/c1-4-5-16-7-10-19(11-8-16)17(13-18)9-6-14(2)15(3)12-17/h14-16H,4-13,18H2,1-3H3. The van der Waals surface area contributed by atoms with Gasteiger partial charge in [0.05, 0.1) is 0 Å². The molecule has 0 radical (unpaired) electrons. The van der Waals surface area contributed by atoms with Crippen LogP contribution in [0, 0.1) is 17.8 Å². The fourth-order valence-electron chi connectivity index (χ4n) is 4.39. The van der Waals surface area contributed by atoms with Crippen molar-refractivity contribution < 1.29 is 0 Å². The van der Waals surface area contributed by atoms with Gasteiger partial charge < -0.3 is 5.73 Å². The van der Waals surface area contributed by atoms with E-state index < -0.39 is 0 Å². The van der Waals surface area contributed by atoms with Crippen molar-refractivity contribution in [3.8, 4) is 0 Å². The smallest absolute Gasteiger partial charge is 0.0334 e. The Morgan fingerprint density at radius 1 is 1.11 bits per heavy atom. The Bertz CT molecular complexity index is 270. The summed E-state index contributed by atoms with van der Waals surface area (Å²) < 4.78 is 0. The Labute approximate surface area is 120 Å². The van der Waals surface area contributed by atoms with Crippen molar-refractivity contribution in [2.75, 3.05) is 19.6 Å². The van der Waals surface area contributed by atoms with Crippen molar-refractivity contribution in [1.29, 1.82) is 0 Å². The molecule has 19 heavy (non-hydrogen) atoms. The highest BCUT2D eigenvalue weighted by Crippen LogP contribution is 2.41. The predicted molar refractivity (Wildman–Crippen MR) is 83.2 cm³/mol. The summed E-state index contributed by atoms with van der Waals surface area (Å²) in [5.74, 6) is 2.71. The zero-order chi connectivity index (χ0) is 13.9. The van der Waals surface area contributed by atoms with Crippen LogP contribution in [-0.4, -0.2) is 30.1 Å². The Kier molecular flexibility index (Phi) is 5.30. The van der Waals surface area contributed by atoms with Crippen LogP contribution in [0.2, 0.25) is 0 Å². The molecule has 1 aliphatic heterocycles. The fourth-order valence-corrected chi connectivity index (χ4v) is 4.39. The summed E-state index contributed by atoms with van der Waals surface area (Å²) >= 11 is 0. The van der Waals surface area contributed by atoms with E-state index in [1.54, 1.807) is 0 Å². The zero-order valence-electron chi connectivity index (χ0n) is 13.3. The third kappa shape index (κ3) is 3.33. The van der Waals surface area contributed by atoms with Crippen LogP contribution >= 0.6 is 0 Å². The minimum absolute atomic E-state index is 0.336. The summed E-state index contributed by atoms with van der Waals surface area (Å²) in [5.41, 5.74) is 6.56. The van der Waals surface area contributed by atoms with Crippen molar-refractivity contribution in [3.63, 3.8) is 0 Å². The highest BCUT2D eigenvalue weighted by atomic mass is 15.2. The molecule has 112 valence electrons. The van der Waals surface area contributed by atoms with Crippen LogP contribution in [0.15, 0.2) is 0 Å². The third-order valence-electron chi connectivity index (χ3n) is 6.10. The third-order valence-corrected chi connectivity index (χ3v) is 6.10. The quantitative estimate of drug-likeness (QED) is 0.841. The van der Waals surface area contributed by atoms with E-state index in [1.807, 2.05) is 0 Å². The predicted octanol–water partition coefficient (Wildman–Crippen LogP) is 3.65. The van der Waals surface area contributed by atoms with Crippen molar-refractivity contribution in [1.82, 2.24) is 4.90 Å². The van der Waals surface area contributed by atoms with Gasteiger partial charge in [-0.2, -0.15) is 0 Å². The average Bonchev–Trinajstić information content (AvgIpc) is 2.43. The summed E-state index contributed by atoms with van der Waals surface area (Å²) in [6, 6.07) is 0. The number of nitrogens with two attached hydrogens (primary N) is 1. The van der Waals surface area contributed by atoms with Crippen molar-refractivity contribution in [2.24, 2.45) is 23.5 Å². The largest absolute Gasteiger partial charge is 0.329 e. The van der Waals surface area contributed by atoms with E-state index in [0.29, 0.717) is 5.54 Å². The summed E-state index contributed by atoms with van der Waals surface area (Å²) in [4.78, 5) is 2.77. The molecule has 0 aromatic heterocycles. The molecule has 2 rings (SSSR count). The van der Waals surface area contributed by atoms with Gasteiger partial charge in [-0.15, -0.1) is 0 Å². The topological polar surface area (TPSA) is 29.3 Å². The van der Waals surface area contributed by atoms with Gasteiger partial charge in [0.15, 0.2) is 0 Å². The minimum Gasteiger partial charge on any atom is -0.329 e. The molecule has 0 spiro atoms. The first-order chi connectivity index (χ1) is 9.11. The van der Waals surface area contributed by atoms with Crippen LogP contribution < -0.4 is 5.73 Å². The van der Waals surface area contributed by atoms with Gasteiger partial charge in [-0.25, -0.2) is 0 Å². The van der Waals surface area contributed by atoms with Gasteiger partial charge in [-0.3, -0.25) is 4.90 Å². The number of piperidine rings is 1. The molecule has 0 bridgehead atoms. The Morgan fingerprint density at radius 3 is 2.32 bits per heavy atom. The minimum atomic E-state index is 0.336. The monoisotopic (exact) mass is 266 g/mol. The van der Waals surface area contributed by atoms with Crippen molar-refractivity contribution in [3.05, 3.63) is 0 Å². The fraction of sp³-hybridized carbons (Fsp3) is 1.00. The molecular weight excluding hydrogens is 232 g/mol. The van der Waals surface area contributed by atoms with E-state index in [9.17, 15) is 0 Å². The Balaban J connectivity index is 1.95. The van der Waals surface area contributed by atoms with Crippen LogP contribution in [-0.2, 0) is 0 Å². The molecule has 2 heteroatoms. The highest BCUT2D eigenvalue weighted by Gasteiger charge is 2.42. The van der Waals surface area contributed by atoms with Gasteiger partial charge in [0.2, 0.25) is 0 Å². The number of hydrogen-bond donors (Lipinski definition) is 1. The molecular formula is C17H34N2. The van der Waals surface area contributed by atoms with Gasteiger partial charge in [-0.05, 0) is 62.9 Å². The average molecular weight is 266 g/mol. The molecule has 1 saturated carbocycles. The Hall–Kier alpha value is -0.0800. The van der Waals surface area contributed by atoms with Crippen LogP contribution in [0.5, 0.6) is 0 Å². The summed E-state index contributed by atoms with van der Waals surface area (Å²) in [6.07, 6.45) is 9.60. The number of rotatable bonds is 4. The highest BCUT2D eigenvalue weighted by molar-refractivity contribution is 4.98. The molecule has 2 nitrogen and oxygen atoms in total. The van der Waals surface area contributed by atoms with E-state index in [2.05, 4.69) is 25.7 Å². The first kappa shape index (κ1) is 15.3. The van der Waals surface area contributed by atoms with Crippen LogP contribution in [0.1, 0.15) is 65.7 Å². The maximum Gasteiger partial charge on any atom is 0.0334 e. The van der Waals surface area contributed by atoms with Gasteiger partial charge >= 0.3 is 0 Å². The summed E-state index contributed by atoms with van der Waals surface area (Å²) in [6.45, 7) is 10.6. The summed E-state index contributed by atoms with van der Waals surface area (Å²) in [5, 5.41) is 0. The second-order valence-electron chi connectivity index (χ2n) is 7.34. The van der Waals surface area contributed by atoms with Crippen LogP contribution in [0.4, 0.5) is 0 Å². The number of hydrogen-bond acceptors (Lipinski definition) is 2. The van der Waals surface area contributed by atoms with E-state index in [4.69, 9.17) is 5.73 Å². The molecule has 0 amide bonds. The normalized spacial score (nSPS) is 38.5. The number of nitrogens with zero attached hydrogens (tertiary/aromatic N) is 1. The molecule has 3 atom stereocenters. The second kappa shape index (κ2) is 6.58. The molecule has 0 aromatic carbocycles. The van der Waals surface area contributed by atoms with Gasteiger partial charge in [0, 0.05) is 12.1 Å². The molecule has 1 aliphatic carbocycles. The van der Waals surface area contributed by atoms with E-state index in [0.717, 1.165) is 24.3 Å². The van der Waals surface area contributed by atoms with Crippen molar-refractivity contribution in [2.45, 2.75) is 71.3 Å². The molecule has 0 aromatic rings. The molecule has 2 N–H and O–H groups in total. The van der Waals surface area contributed by atoms with Crippen molar-refractivity contribution >= 4 is 0 Å². The van der Waals surface area contributed by atoms with Gasteiger partial charge in [-0.1, -0.05) is 33.6 Å². The zero-order valence-corrected chi connectivity index (χ0v) is 13.3. The molecule has 1 heterocycles. The molecule has 2 aliphatic rings. The lowest BCUT2D eigenvalue weighted by Crippen LogP contribution is -2.59. The first-order valence-corrected chi connectivity index (χ1v) is 8.56. The van der Waals surface area contributed by atoms with E-state index >= 15 is 0 Å². The first-order valence-electron chi connectivity index (χ1n) is 8.56. The van der Waals surface area contributed by atoms with E-state index in [1.165, 1.54) is 58.0 Å². The maximum absolute atomic E-state index is 6.23.